The lowest BCUT2D eigenvalue weighted by atomic mass is 9.74. The van der Waals surface area contributed by atoms with Crippen molar-refractivity contribution in [2.24, 2.45) is 5.73 Å². The first-order valence-corrected chi connectivity index (χ1v) is 10.7. The number of fused-ring (bicyclic) bond motifs is 2. The monoisotopic (exact) mass is 382 g/mol. The molecule has 4 nitrogen and oxygen atoms in total. The predicted molar refractivity (Wildman–Crippen MR) is 109 cm³/mol. The molecule has 1 spiro atoms. The average Bonchev–Trinajstić information content (AvgIpc) is 3.06. The zero-order valence-corrected chi connectivity index (χ0v) is 16.6. The molecule has 2 N–H and O–H groups in total. The number of hydrogen-bond acceptors (Lipinski definition) is 4. The number of nitrogens with zero attached hydrogens (tertiary/aromatic N) is 1. The van der Waals surface area contributed by atoms with E-state index < -0.39 is 0 Å². The van der Waals surface area contributed by atoms with E-state index in [2.05, 4.69) is 36.6 Å². The second-order valence-electron chi connectivity index (χ2n) is 7.51. The Labute approximate surface area is 165 Å². The van der Waals surface area contributed by atoms with Crippen molar-refractivity contribution >= 4 is 17.7 Å². The minimum Gasteiger partial charge on any atom is -0.492 e. The van der Waals surface area contributed by atoms with E-state index in [1.807, 2.05) is 17.0 Å². The van der Waals surface area contributed by atoms with Crippen LogP contribution in [0.25, 0.3) is 0 Å². The van der Waals surface area contributed by atoms with Crippen LogP contribution < -0.4 is 10.5 Å². The van der Waals surface area contributed by atoms with Crippen LogP contribution in [0.2, 0.25) is 0 Å². The summed E-state index contributed by atoms with van der Waals surface area (Å²) in [6, 6.07) is 14.6. The Hall–Kier alpha value is -1.98. The summed E-state index contributed by atoms with van der Waals surface area (Å²) in [6.45, 7) is 2.84. The molecule has 4 rings (SSSR count). The molecule has 142 valence electrons. The number of piperidine rings is 1. The Morgan fingerprint density at radius 3 is 2.52 bits per heavy atom. The van der Waals surface area contributed by atoms with E-state index in [-0.39, 0.29) is 11.3 Å². The number of thioether (sulfide) groups is 1. The number of carbonyl (C=O) groups is 1. The number of rotatable bonds is 4. The molecule has 0 aliphatic carbocycles. The van der Waals surface area contributed by atoms with Gasteiger partial charge in [0.15, 0.2) is 0 Å². The summed E-state index contributed by atoms with van der Waals surface area (Å²) in [7, 11) is 0. The van der Waals surface area contributed by atoms with Gasteiger partial charge < -0.3 is 15.4 Å². The molecule has 0 atom stereocenters. The highest BCUT2D eigenvalue weighted by Gasteiger charge is 2.43. The van der Waals surface area contributed by atoms with Gasteiger partial charge in [-0.1, -0.05) is 24.3 Å². The molecule has 2 heterocycles. The first-order chi connectivity index (χ1) is 13.1. The van der Waals surface area contributed by atoms with Crippen LogP contribution >= 0.6 is 11.8 Å². The van der Waals surface area contributed by atoms with E-state index in [0.717, 1.165) is 42.8 Å². The fourth-order valence-electron chi connectivity index (χ4n) is 4.17. The van der Waals surface area contributed by atoms with E-state index in [4.69, 9.17) is 10.5 Å². The van der Waals surface area contributed by atoms with E-state index in [9.17, 15) is 4.79 Å². The van der Waals surface area contributed by atoms with Crippen molar-refractivity contribution in [2.75, 3.05) is 26.0 Å². The van der Waals surface area contributed by atoms with Crippen LogP contribution in [-0.4, -0.2) is 36.8 Å². The quantitative estimate of drug-likeness (QED) is 0.824. The third-order valence-corrected chi connectivity index (χ3v) is 6.69. The topological polar surface area (TPSA) is 55.6 Å². The zero-order chi connectivity index (χ0) is 18.9. The number of ether oxygens (including phenoxy) is 1. The normalized spacial score (nSPS) is 17.6. The van der Waals surface area contributed by atoms with Crippen molar-refractivity contribution in [2.45, 2.75) is 36.1 Å². The molecule has 5 heteroatoms. The van der Waals surface area contributed by atoms with Crippen LogP contribution in [0.15, 0.2) is 47.4 Å². The van der Waals surface area contributed by atoms with Gasteiger partial charge in [0.05, 0.1) is 13.0 Å². The predicted octanol–water partition coefficient (Wildman–Crippen LogP) is 3.36. The van der Waals surface area contributed by atoms with Gasteiger partial charge in [-0.3, -0.25) is 4.79 Å². The summed E-state index contributed by atoms with van der Waals surface area (Å²) in [5.74, 6) is 1.21. The standard InChI is InChI=1S/C22H26N2O2S/c1-27-18-5-2-16(3-6-18)13-21(25)24-10-8-22(9-11-24)15-26-20-7-4-17(14-23)12-19(20)22/h2-7,12H,8-11,13-15,23H2,1H3. The molecular weight excluding hydrogens is 356 g/mol. The molecule has 1 saturated heterocycles. The lowest BCUT2D eigenvalue weighted by molar-refractivity contribution is -0.132. The highest BCUT2D eigenvalue weighted by molar-refractivity contribution is 7.98. The molecular formula is C22H26N2O2S. The Bertz CT molecular complexity index is 827. The summed E-state index contributed by atoms with van der Waals surface area (Å²) in [6.07, 6.45) is 4.44. The number of likely N-dealkylation sites (tertiary alicyclic amines) is 1. The van der Waals surface area contributed by atoms with Crippen molar-refractivity contribution in [3.8, 4) is 5.75 Å². The van der Waals surface area contributed by atoms with E-state index in [0.29, 0.717) is 19.6 Å². The minimum absolute atomic E-state index is 0.0390. The van der Waals surface area contributed by atoms with E-state index >= 15 is 0 Å². The molecule has 0 radical (unpaired) electrons. The Morgan fingerprint density at radius 2 is 1.85 bits per heavy atom. The minimum atomic E-state index is 0.0390. The largest absolute Gasteiger partial charge is 0.492 e. The summed E-state index contributed by atoms with van der Waals surface area (Å²) < 4.78 is 5.96. The fourth-order valence-corrected chi connectivity index (χ4v) is 4.57. The Morgan fingerprint density at radius 1 is 1.15 bits per heavy atom. The van der Waals surface area contributed by atoms with Gasteiger partial charge in [-0.25, -0.2) is 0 Å². The summed E-state index contributed by atoms with van der Waals surface area (Å²) >= 11 is 1.72. The molecule has 1 amide bonds. The van der Waals surface area contributed by atoms with Gasteiger partial charge in [0.2, 0.25) is 5.91 Å². The number of carbonyl (C=O) groups excluding carboxylic acids is 1. The van der Waals surface area contributed by atoms with Crippen LogP contribution in [0.5, 0.6) is 5.75 Å². The fraction of sp³-hybridized carbons (Fsp3) is 0.409. The van der Waals surface area contributed by atoms with Gasteiger partial charge in [0.25, 0.3) is 0 Å². The summed E-state index contributed by atoms with van der Waals surface area (Å²) in [5, 5.41) is 0. The van der Waals surface area contributed by atoms with Crippen LogP contribution in [0.1, 0.15) is 29.5 Å². The van der Waals surface area contributed by atoms with Crippen LogP contribution in [0, 0.1) is 0 Å². The average molecular weight is 383 g/mol. The second kappa shape index (κ2) is 7.56. The van der Waals surface area contributed by atoms with E-state index in [1.54, 1.807) is 11.8 Å². The second-order valence-corrected chi connectivity index (χ2v) is 8.39. The molecule has 2 aliphatic rings. The summed E-state index contributed by atoms with van der Waals surface area (Å²) in [5.41, 5.74) is 9.37. The summed E-state index contributed by atoms with van der Waals surface area (Å²) in [4.78, 5) is 16.0. The zero-order valence-electron chi connectivity index (χ0n) is 15.7. The van der Waals surface area contributed by atoms with Crippen LogP contribution in [0.3, 0.4) is 0 Å². The van der Waals surface area contributed by atoms with Crippen molar-refractivity contribution < 1.29 is 9.53 Å². The maximum atomic E-state index is 12.7. The number of amides is 1. The lowest BCUT2D eigenvalue weighted by Gasteiger charge is -2.38. The number of hydrogen-bond donors (Lipinski definition) is 1. The number of nitrogens with two attached hydrogens (primary N) is 1. The smallest absolute Gasteiger partial charge is 0.226 e. The highest BCUT2D eigenvalue weighted by Crippen LogP contribution is 2.45. The number of benzene rings is 2. The maximum Gasteiger partial charge on any atom is 0.226 e. The molecule has 2 aromatic rings. The Kier molecular flexibility index (Phi) is 5.15. The highest BCUT2D eigenvalue weighted by atomic mass is 32.2. The maximum absolute atomic E-state index is 12.7. The van der Waals surface area contributed by atoms with Gasteiger partial charge in [-0.05, 0) is 48.4 Å². The van der Waals surface area contributed by atoms with Crippen molar-refractivity contribution in [3.63, 3.8) is 0 Å². The lowest BCUT2D eigenvalue weighted by Crippen LogP contribution is -2.46. The molecule has 0 bridgehead atoms. The van der Waals surface area contributed by atoms with Gasteiger partial charge in [0, 0.05) is 35.5 Å². The van der Waals surface area contributed by atoms with Gasteiger partial charge in [0.1, 0.15) is 5.75 Å². The third-order valence-electron chi connectivity index (χ3n) is 5.94. The molecule has 1 fully saturated rings. The molecule has 2 aliphatic heterocycles. The first kappa shape index (κ1) is 18.4. The molecule has 0 aromatic heterocycles. The van der Waals surface area contributed by atoms with Crippen molar-refractivity contribution in [1.82, 2.24) is 4.90 Å². The third kappa shape index (κ3) is 3.58. The van der Waals surface area contributed by atoms with Gasteiger partial charge >= 0.3 is 0 Å². The van der Waals surface area contributed by atoms with Gasteiger partial charge in [-0.15, -0.1) is 11.8 Å². The molecule has 0 saturated carbocycles. The van der Waals surface area contributed by atoms with Crippen molar-refractivity contribution in [3.05, 3.63) is 59.2 Å². The van der Waals surface area contributed by atoms with Crippen molar-refractivity contribution in [1.29, 1.82) is 0 Å². The van der Waals surface area contributed by atoms with Crippen LogP contribution in [0.4, 0.5) is 0 Å². The van der Waals surface area contributed by atoms with Crippen LogP contribution in [-0.2, 0) is 23.2 Å². The van der Waals surface area contributed by atoms with E-state index in [1.165, 1.54) is 10.5 Å². The SMILES string of the molecule is CSc1ccc(CC(=O)N2CCC3(CC2)COc2ccc(CN)cc23)cc1. The molecule has 2 aromatic carbocycles. The molecule has 0 unspecified atom stereocenters. The first-order valence-electron chi connectivity index (χ1n) is 9.50. The molecule has 27 heavy (non-hydrogen) atoms. The Balaban J connectivity index is 1.41. The van der Waals surface area contributed by atoms with Gasteiger partial charge in [-0.2, -0.15) is 0 Å².